The van der Waals surface area contributed by atoms with Crippen molar-refractivity contribution in [3.63, 3.8) is 0 Å². The number of hydrogen-bond acceptors (Lipinski definition) is 3. The van der Waals surface area contributed by atoms with Gasteiger partial charge in [0.1, 0.15) is 0 Å². The van der Waals surface area contributed by atoms with Crippen LogP contribution in [0.25, 0.3) is 0 Å². The van der Waals surface area contributed by atoms with Gasteiger partial charge in [0, 0.05) is 6.20 Å². The Morgan fingerprint density at radius 1 is 1.10 bits per heavy atom. The van der Waals surface area contributed by atoms with Gasteiger partial charge in [0.25, 0.3) is 0 Å². The highest BCUT2D eigenvalue weighted by atomic mass is 15.1. The molecule has 1 saturated carbocycles. The molecule has 1 aromatic carbocycles. The summed E-state index contributed by atoms with van der Waals surface area (Å²) in [5.41, 5.74) is 3.95. The van der Waals surface area contributed by atoms with E-state index < -0.39 is 0 Å². The Hall–Kier alpha value is -1.74. The largest absolute Gasteiger partial charge is 0.306 e. The highest BCUT2D eigenvalue weighted by Crippen LogP contribution is 2.36. The van der Waals surface area contributed by atoms with Crippen LogP contribution in [0.5, 0.6) is 0 Å². The summed E-state index contributed by atoms with van der Waals surface area (Å²) >= 11 is 0. The fourth-order valence-electron chi connectivity index (χ4n) is 2.81. The highest BCUT2D eigenvalue weighted by molar-refractivity contribution is 5.33. The van der Waals surface area contributed by atoms with Gasteiger partial charge in [-0.15, -0.1) is 0 Å². The maximum atomic E-state index is 3.99. The van der Waals surface area contributed by atoms with Gasteiger partial charge in [0.05, 0.1) is 12.2 Å². The third-order valence-electron chi connectivity index (χ3n) is 4.20. The Morgan fingerprint density at radius 3 is 2.45 bits per heavy atom. The Labute approximate surface area is 120 Å². The van der Waals surface area contributed by atoms with Crippen molar-refractivity contribution in [2.75, 3.05) is 6.54 Å². The van der Waals surface area contributed by atoms with Gasteiger partial charge >= 0.3 is 0 Å². The molecule has 104 valence electrons. The summed E-state index contributed by atoms with van der Waals surface area (Å²) in [5.74, 6) is 0.796. The van der Waals surface area contributed by atoms with Crippen LogP contribution < -0.4 is 5.32 Å². The molecule has 0 aliphatic heterocycles. The lowest BCUT2D eigenvalue weighted by molar-refractivity contribution is 0.419. The molecule has 1 aromatic heterocycles. The molecule has 0 amide bonds. The molecular weight excluding hydrogens is 246 g/mol. The van der Waals surface area contributed by atoms with Crippen LogP contribution in [0.4, 0.5) is 0 Å². The van der Waals surface area contributed by atoms with Crippen molar-refractivity contribution in [2.45, 2.75) is 38.1 Å². The topological polar surface area (TPSA) is 37.8 Å². The van der Waals surface area contributed by atoms with Gasteiger partial charge in [-0.2, -0.15) is 10.2 Å². The van der Waals surface area contributed by atoms with Gasteiger partial charge in [0.15, 0.2) is 0 Å². The molecule has 3 rings (SSSR count). The lowest BCUT2D eigenvalue weighted by atomic mass is 9.79. The second kappa shape index (κ2) is 6.14. The van der Waals surface area contributed by atoms with Crippen molar-refractivity contribution in [3.8, 4) is 0 Å². The molecule has 1 N–H and O–H groups in total. The average Bonchev–Trinajstić information content (AvgIpc) is 2.45. The van der Waals surface area contributed by atoms with Gasteiger partial charge in [-0.25, -0.2) is 0 Å². The average molecular weight is 267 g/mol. The first-order chi connectivity index (χ1) is 9.88. The summed E-state index contributed by atoms with van der Waals surface area (Å²) in [7, 11) is 0. The van der Waals surface area contributed by atoms with E-state index in [4.69, 9.17) is 0 Å². The van der Waals surface area contributed by atoms with Gasteiger partial charge < -0.3 is 5.32 Å². The summed E-state index contributed by atoms with van der Waals surface area (Å²) < 4.78 is 0. The summed E-state index contributed by atoms with van der Waals surface area (Å²) in [5, 5.41) is 11.4. The predicted octanol–water partition coefficient (Wildman–Crippen LogP) is 3.44. The Balaban J connectivity index is 1.83. The molecule has 0 radical (unpaired) electrons. The number of nitrogens with one attached hydrogen (secondary N) is 1. The van der Waals surface area contributed by atoms with Gasteiger partial charge in [-0.3, -0.25) is 0 Å². The van der Waals surface area contributed by atoms with Crippen LogP contribution in [0.3, 0.4) is 0 Å². The predicted molar refractivity (Wildman–Crippen MR) is 80.6 cm³/mol. The van der Waals surface area contributed by atoms with Gasteiger partial charge in [-0.1, -0.05) is 37.6 Å². The van der Waals surface area contributed by atoms with E-state index in [1.807, 2.05) is 12.3 Å². The third-order valence-corrected chi connectivity index (χ3v) is 4.20. The molecule has 1 aliphatic rings. The van der Waals surface area contributed by atoms with Crippen molar-refractivity contribution >= 4 is 0 Å². The Kier molecular flexibility index (Phi) is 4.07. The number of aromatic nitrogens is 2. The van der Waals surface area contributed by atoms with Crippen LogP contribution in [-0.4, -0.2) is 16.7 Å². The number of hydrogen-bond donors (Lipinski definition) is 1. The van der Waals surface area contributed by atoms with Crippen molar-refractivity contribution in [1.82, 2.24) is 15.5 Å². The first kappa shape index (κ1) is 13.3. The SMILES string of the molecule is CCNC(c1ccc(C2CCC2)cc1)c1ccnnc1. The minimum atomic E-state index is 0.200. The zero-order chi connectivity index (χ0) is 13.8. The van der Waals surface area contributed by atoms with E-state index in [9.17, 15) is 0 Å². The quantitative estimate of drug-likeness (QED) is 0.901. The minimum Gasteiger partial charge on any atom is -0.306 e. The van der Waals surface area contributed by atoms with Crippen LogP contribution in [-0.2, 0) is 0 Å². The standard InChI is InChI=1S/C17H21N3/c1-2-18-17(16-10-11-19-20-12-16)15-8-6-14(7-9-15)13-4-3-5-13/h6-13,17-18H,2-5H2,1H3. The molecule has 1 aliphatic carbocycles. The van der Waals surface area contributed by atoms with Crippen LogP contribution >= 0.6 is 0 Å². The van der Waals surface area contributed by atoms with Crippen molar-refractivity contribution in [3.05, 3.63) is 59.4 Å². The number of benzene rings is 1. The number of rotatable bonds is 5. The van der Waals surface area contributed by atoms with Crippen LogP contribution in [0.15, 0.2) is 42.7 Å². The summed E-state index contributed by atoms with van der Waals surface area (Å²) in [6.45, 7) is 3.06. The molecule has 20 heavy (non-hydrogen) atoms. The lowest BCUT2D eigenvalue weighted by Gasteiger charge is -2.26. The molecule has 1 fully saturated rings. The van der Waals surface area contributed by atoms with E-state index in [0.717, 1.165) is 12.5 Å². The summed E-state index contributed by atoms with van der Waals surface area (Å²) in [6.07, 6.45) is 7.68. The zero-order valence-electron chi connectivity index (χ0n) is 11.9. The van der Waals surface area contributed by atoms with Gasteiger partial charge in [0.2, 0.25) is 0 Å². The van der Waals surface area contributed by atoms with Crippen molar-refractivity contribution in [1.29, 1.82) is 0 Å². The summed E-state index contributed by atoms with van der Waals surface area (Å²) in [4.78, 5) is 0. The lowest BCUT2D eigenvalue weighted by Crippen LogP contribution is -2.22. The smallest absolute Gasteiger partial charge is 0.0593 e. The molecule has 0 saturated heterocycles. The molecular formula is C17H21N3. The molecule has 2 aromatic rings. The van der Waals surface area contributed by atoms with E-state index in [-0.39, 0.29) is 6.04 Å². The van der Waals surface area contributed by atoms with E-state index in [1.54, 1.807) is 6.20 Å². The Morgan fingerprint density at radius 2 is 1.90 bits per heavy atom. The van der Waals surface area contributed by atoms with Crippen LogP contribution in [0, 0.1) is 0 Å². The molecule has 0 spiro atoms. The highest BCUT2D eigenvalue weighted by Gasteiger charge is 2.20. The maximum absolute atomic E-state index is 3.99. The van der Waals surface area contributed by atoms with Crippen molar-refractivity contribution in [2.24, 2.45) is 0 Å². The van der Waals surface area contributed by atoms with E-state index in [1.165, 1.54) is 36.0 Å². The first-order valence-corrected chi connectivity index (χ1v) is 7.48. The monoisotopic (exact) mass is 267 g/mol. The molecule has 1 atom stereocenters. The summed E-state index contributed by atoms with van der Waals surface area (Å²) in [6, 6.07) is 11.3. The van der Waals surface area contributed by atoms with Gasteiger partial charge in [-0.05, 0) is 48.1 Å². The van der Waals surface area contributed by atoms with E-state index in [2.05, 4.69) is 46.7 Å². The third kappa shape index (κ3) is 2.73. The second-order valence-electron chi connectivity index (χ2n) is 5.46. The molecule has 0 bridgehead atoms. The maximum Gasteiger partial charge on any atom is 0.0593 e. The van der Waals surface area contributed by atoms with E-state index in [0.29, 0.717) is 0 Å². The van der Waals surface area contributed by atoms with Crippen molar-refractivity contribution < 1.29 is 0 Å². The van der Waals surface area contributed by atoms with Crippen LogP contribution in [0.2, 0.25) is 0 Å². The number of nitrogens with zero attached hydrogens (tertiary/aromatic N) is 2. The first-order valence-electron chi connectivity index (χ1n) is 7.48. The molecule has 3 nitrogen and oxygen atoms in total. The zero-order valence-corrected chi connectivity index (χ0v) is 11.9. The molecule has 3 heteroatoms. The fourth-order valence-corrected chi connectivity index (χ4v) is 2.81. The minimum absolute atomic E-state index is 0.200. The normalized spacial score (nSPS) is 16.6. The molecule has 1 unspecified atom stereocenters. The van der Waals surface area contributed by atoms with E-state index >= 15 is 0 Å². The fraction of sp³-hybridized carbons (Fsp3) is 0.412. The second-order valence-corrected chi connectivity index (χ2v) is 5.46. The molecule has 1 heterocycles. The Bertz CT molecular complexity index is 532. The van der Waals surface area contributed by atoms with Crippen LogP contribution in [0.1, 0.15) is 54.8 Å².